The summed E-state index contributed by atoms with van der Waals surface area (Å²) in [7, 11) is 0. The fourth-order valence-corrected chi connectivity index (χ4v) is 2.01. The highest BCUT2D eigenvalue weighted by Gasteiger charge is 2.16. The van der Waals surface area contributed by atoms with Gasteiger partial charge in [0.1, 0.15) is 0 Å². The van der Waals surface area contributed by atoms with Crippen molar-refractivity contribution in [2.75, 3.05) is 5.73 Å². The molecule has 0 aromatic carbocycles. The number of carbonyl (C=O) groups is 1. The predicted molar refractivity (Wildman–Crippen MR) is 57.3 cm³/mol. The van der Waals surface area contributed by atoms with Crippen molar-refractivity contribution in [3.8, 4) is 0 Å². The maximum absolute atomic E-state index is 11.6. The van der Waals surface area contributed by atoms with Crippen LogP contribution in [0.25, 0.3) is 0 Å². The molecule has 0 aliphatic heterocycles. The van der Waals surface area contributed by atoms with Crippen LogP contribution < -0.4 is 5.73 Å². The Bertz CT molecular complexity index is 315. The molecular formula is C10H15NOS. The Hall–Kier alpha value is -0.830. The summed E-state index contributed by atoms with van der Waals surface area (Å²) in [6.07, 6.45) is 0.945. The minimum atomic E-state index is 0.0293. The summed E-state index contributed by atoms with van der Waals surface area (Å²) in [5.41, 5.74) is 6.46. The first-order chi connectivity index (χ1) is 6.06. The number of thiophene rings is 1. The van der Waals surface area contributed by atoms with Gasteiger partial charge < -0.3 is 5.73 Å². The Kier molecular flexibility index (Phi) is 3.09. The smallest absolute Gasteiger partial charge is 0.168 e. The second-order valence-electron chi connectivity index (χ2n) is 3.36. The second kappa shape index (κ2) is 3.92. The average molecular weight is 197 g/mol. The van der Waals surface area contributed by atoms with E-state index in [0.29, 0.717) is 10.6 Å². The van der Waals surface area contributed by atoms with Gasteiger partial charge in [-0.2, -0.15) is 0 Å². The first-order valence-electron chi connectivity index (χ1n) is 4.48. The monoisotopic (exact) mass is 197 g/mol. The number of anilines is 1. The van der Waals surface area contributed by atoms with E-state index in [4.69, 9.17) is 5.73 Å². The highest BCUT2D eigenvalue weighted by atomic mass is 32.1. The highest BCUT2D eigenvalue weighted by Crippen LogP contribution is 2.27. The van der Waals surface area contributed by atoms with E-state index >= 15 is 0 Å². The molecule has 0 atom stereocenters. The summed E-state index contributed by atoms with van der Waals surface area (Å²) in [4.78, 5) is 12.8. The number of hydrogen-bond donors (Lipinski definition) is 1. The van der Waals surface area contributed by atoms with Crippen LogP contribution in [0, 0.1) is 5.92 Å². The summed E-state index contributed by atoms with van der Waals surface area (Å²) in [6.45, 7) is 5.85. The zero-order chi connectivity index (χ0) is 10.0. The van der Waals surface area contributed by atoms with E-state index < -0.39 is 0 Å². The summed E-state index contributed by atoms with van der Waals surface area (Å²) in [5.74, 6) is 0.176. The zero-order valence-corrected chi connectivity index (χ0v) is 9.07. The zero-order valence-electron chi connectivity index (χ0n) is 8.26. The summed E-state index contributed by atoms with van der Waals surface area (Å²) in [5, 5.41) is 0.663. The van der Waals surface area contributed by atoms with Crippen molar-refractivity contribution in [2.45, 2.75) is 27.2 Å². The van der Waals surface area contributed by atoms with Crippen molar-refractivity contribution >= 4 is 22.1 Å². The molecule has 1 heterocycles. The number of aryl methyl sites for hydroxylation is 1. The number of carbonyl (C=O) groups excluding carboxylic acids is 1. The predicted octanol–water partition coefficient (Wildman–Crippen LogP) is 2.73. The first kappa shape index (κ1) is 10.3. The maximum atomic E-state index is 11.6. The minimum Gasteiger partial charge on any atom is -0.390 e. The maximum Gasteiger partial charge on any atom is 0.168 e. The van der Waals surface area contributed by atoms with E-state index in [2.05, 4.69) is 6.92 Å². The van der Waals surface area contributed by atoms with E-state index in [9.17, 15) is 4.79 Å². The highest BCUT2D eigenvalue weighted by molar-refractivity contribution is 7.16. The Balaban J connectivity index is 3.00. The van der Waals surface area contributed by atoms with Crippen LogP contribution in [0.2, 0.25) is 0 Å². The number of ketones is 1. The van der Waals surface area contributed by atoms with Crippen molar-refractivity contribution in [1.29, 1.82) is 0 Å². The largest absolute Gasteiger partial charge is 0.390 e. The van der Waals surface area contributed by atoms with Crippen molar-refractivity contribution in [3.63, 3.8) is 0 Å². The number of Topliss-reactive ketones (excluding diaryl/α,β-unsaturated/α-hetero) is 1. The second-order valence-corrected chi connectivity index (χ2v) is 4.53. The fraction of sp³-hybridized carbons (Fsp3) is 0.500. The number of rotatable bonds is 3. The van der Waals surface area contributed by atoms with Crippen molar-refractivity contribution in [2.24, 2.45) is 5.92 Å². The molecule has 1 aromatic heterocycles. The first-order valence-corrected chi connectivity index (χ1v) is 5.30. The minimum absolute atomic E-state index is 0.0293. The molecule has 0 aliphatic carbocycles. The van der Waals surface area contributed by atoms with Gasteiger partial charge in [0.2, 0.25) is 0 Å². The van der Waals surface area contributed by atoms with Gasteiger partial charge in [0.15, 0.2) is 5.78 Å². The van der Waals surface area contributed by atoms with Crippen LogP contribution in [0.5, 0.6) is 0 Å². The lowest BCUT2D eigenvalue weighted by molar-refractivity contribution is 0.0940. The Labute approximate surface area is 82.8 Å². The summed E-state index contributed by atoms with van der Waals surface area (Å²) in [6, 6.07) is 1.92. The standard InChI is InChI=1S/C10H15NOS/c1-4-7-5-8(10(11)13-7)9(12)6(2)3/h5-6H,4,11H2,1-3H3. The Morgan fingerprint density at radius 1 is 1.62 bits per heavy atom. The SMILES string of the molecule is CCc1cc(C(=O)C(C)C)c(N)s1. The normalized spacial score (nSPS) is 10.8. The molecule has 3 heteroatoms. The van der Waals surface area contributed by atoms with Gasteiger partial charge in [-0.25, -0.2) is 0 Å². The van der Waals surface area contributed by atoms with Crippen LogP contribution in [0.3, 0.4) is 0 Å². The molecule has 0 amide bonds. The number of hydrogen-bond acceptors (Lipinski definition) is 3. The van der Waals surface area contributed by atoms with Gasteiger partial charge >= 0.3 is 0 Å². The van der Waals surface area contributed by atoms with E-state index in [0.717, 1.165) is 6.42 Å². The third-order valence-corrected chi connectivity index (χ3v) is 3.06. The van der Waals surface area contributed by atoms with E-state index in [1.54, 1.807) is 0 Å². The molecule has 0 saturated heterocycles. The molecule has 13 heavy (non-hydrogen) atoms. The third-order valence-electron chi connectivity index (χ3n) is 1.95. The van der Waals surface area contributed by atoms with Crippen LogP contribution in [0.1, 0.15) is 36.0 Å². The molecule has 1 rings (SSSR count). The topological polar surface area (TPSA) is 43.1 Å². The molecule has 0 unspecified atom stereocenters. The molecule has 72 valence electrons. The molecule has 0 bridgehead atoms. The lowest BCUT2D eigenvalue weighted by Gasteiger charge is -2.01. The quantitative estimate of drug-likeness (QED) is 0.757. The molecule has 1 aromatic rings. The number of nitrogen functional groups attached to an aromatic ring is 1. The molecule has 0 fully saturated rings. The molecule has 0 radical (unpaired) electrons. The molecule has 0 aliphatic rings. The summed E-state index contributed by atoms with van der Waals surface area (Å²) < 4.78 is 0. The number of nitrogens with two attached hydrogens (primary N) is 1. The van der Waals surface area contributed by atoms with Gasteiger partial charge in [-0.05, 0) is 12.5 Å². The fourth-order valence-electron chi connectivity index (χ4n) is 1.14. The van der Waals surface area contributed by atoms with Crippen LogP contribution in [0.15, 0.2) is 6.07 Å². The van der Waals surface area contributed by atoms with E-state index in [-0.39, 0.29) is 11.7 Å². The van der Waals surface area contributed by atoms with E-state index in [1.165, 1.54) is 16.2 Å². The Morgan fingerprint density at radius 3 is 2.62 bits per heavy atom. The molecular weight excluding hydrogens is 182 g/mol. The van der Waals surface area contributed by atoms with Crippen LogP contribution >= 0.6 is 11.3 Å². The molecule has 2 nitrogen and oxygen atoms in total. The van der Waals surface area contributed by atoms with Gasteiger partial charge in [0.25, 0.3) is 0 Å². The van der Waals surface area contributed by atoms with Crippen molar-refractivity contribution in [3.05, 3.63) is 16.5 Å². The lowest BCUT2D eigenvalue weighted by atomic mass is 10.0. The van der Waals surface area contributed by atoms with Gasteiger partial charge in [-0.3, -0.25) is 4.79 Å². The van der Waals surface area contributed by atoms with Crippen molar-refractivity contribution < 1.29 is 4.79 Å². The molecule has 0 saturated carbocycles. The third kappa shape index (κ3) is 2.10. The summed E-state index contributed by atoms with van der Waals surface area (Å²) >= 11 is 1.52. The van der Waals surface area contributed by atoms with Gasteiger partial charge in [0, 0.05) is 10.8 Å². The molecule has 0 spiro atoms. The van der Waals surface area contributed by atoms with E-state index in [1.807, 2.05) is 19.9 Å². The van der Waals surface area contributed by atoms with Crippen LogP contribution in [-0.2, 0) is 6.42 Å². The van der Waals surface area contributed by atoms with Gasteiger partial charge in [0.05, 0.1) is 10.6 Å². The van der Waals surface area contributed by atoms with Crippen LogP contribution in [0.4, 0.5) is 5.00 Å². The van der Waals surface area contributed by atoms with Gasteiger partial charge in [-0.15, -0.1) is 11.3 Å². The molecule has 2 N–H and O–H groups in total. The Morgan fingerprint density at radius 2 is 2.23 bits per heavy atom. The lowest BCUT2D eigenvalue weighted by Crippen LogP contribution is -2.07. The average Bonchev–Trinajstić information content (AvgIpc) is 2.45. The van der Waals surface area contributed by atoms with Crippen molar-refractivity contribution in [1.82, 2.24) is 0 Å². The van der Waals surface area contributed by atoms with Gasteiger partial charge in [-0.1, -0.05) is 20.8 Å². The van der Waals surface area contributed by atoms with Crippen LogP contribution in [-0.4, -0.2) is 5.78 Å².